The highest BCUT2D eigenvalue weighted by Crippen LogP contribution is 2.19. The maximum Gasteiger partial charge on any atom is 0.471 e. The van der Waals surface area contributed by atoms with Gasteiger partial charge in [0.15, 0.2) is 0 Å². The fourth-order valence-corrected chi connectivity index (χ4v) is 2.03. The lowest BCUT2D eigenvalue weighted by Crippen LogP contribution is -2.43. The fourth-order valence-electron chi connectivity index (χ4n) is 2.03. The molecule has 0 aliphatic carbocycles. The van der Waals surface area contributed by atoms with Crippen molar-refractivity contribution in [2.75, 3.05) is 26.2 Å². The number of carbonyl (C=O) groups excluding carboxylic acids is 2. The third kappa shape index (κ3) is 4.72. The van der Waals surface area contributed by atoms with Gasteiger partial charge in [-0.2, -0.15) is 13.2 Å². The molecule has 1 fully saturated rings. The number of nitrogens with zero attached hydrogens (tertiary/aromatic N) is 2. The highest BCUT2D eigenvalue weighted by Gasteiger charge is 2.42. The molecule has 0 aromatic carbocycles. The Labute approximate surface area is 110 Å². The van der Waals surface area contributed by atoms with Gasteiger partial charge >= 0.3 is 12.1 Å². The van der Waals surface area contributed by atoms with Gasteiger partial charge in [0.25, 0.3) is 0 Å². The maximum atomic E-state index is 12.3. The summed E-state index contributed by atoms with van der Waals surface area (Å²) in [6.45, 7) is 4.40. The monoisotopic (exact) mass is 280 g/mol. The Kier molecular flexibility index (Phi) is 5.20. The van der Waals surface area contributed by atoms with E-state index >= 15 is 0 Å². The molecule has 1 heterocycles. The Morgan fingerprint density at radius 3 is 2.11 bits per heavy atom. The molecular weight excluding hydrogens is 261 g/mol. The standard InChI is InChI=1S/C12H19F3N2O2/c1-9(2)8-10(18)16-4-3-5-17(7-6-16)11(19)12(13,14)15/h9H,3-8H2,1-2H3. The summed E-state index contributed by atoms with van der Waals surface area (Å²) in [5.74, 6) is -1.66. The van der Waals surface area contributed by atoms with E-state index < -0.39 is 12.1 Å². The van der Waals surface area contributed by atoms with Crippen LogP contribution in [0.3, 0.4) is 0 Å². The van der Waals surface area contributed by atoms with E-state index in [0.29, 0.717) is 19.4 Å². The Morgan fingerprint density at radius 1 is 1.05 bits per heavy atom. The average Bonchev–Trinajstić information content (AvgIpc) is 2.51. The van der Waals surface area contributed by atoms with E-state index in [4.69, 9.17) is 0 Å². The quantitative estimate of drug-likeness (QED) is 0.772. The van der Waals surface area contributed by atoms with Gasteiger partial charge < -0.3 is 9.80 Å². The molecule has 110 valence electrons. The van der Waals surface area contributed by atoms with E-state index in [-0.39, 0.29) is 31.5 Å². The predicted octanol–water partition coefficient (Wildman–Crippen LogP) is 1.66. The van der Waals surface area contributed by atoms with Crippen LogP contribution in [0, 0.1) is 5.92 Å². The summed E-state index contributed by atoms with van der Waals surface area (Å²) < 4.78 is 37.0. The summed E-state index contributed by atoms with van der Waals surface area (Å²) >= 11 is 0. The van der Waals surface area contributed by atoms with Gasteiger partial charge in [0, 0.05) is 32.6 Å². The maximum absolute atomic E-state index is 12.3. The van der Waals surface area contributed by atoms with Gasteiger partial charge in [-0.05, 0) is 12.3 Å². The molecule has 0 unspecified atom stereocenters. The molecule has 0 aromatic heterocycles. The molecule has 0 aromatic rings. The lowest BCUT2D eigenvalue weighted by molar-refractivity contribution is -0.185. The van der Waals surface area contributed by atoms with Gasteiger partial charge in [0.05, 0.1) is 0 Å². The van der Waals surface area contributed by atoms with Crippen LogP contribution in [-0.4, -0.2) is 54.0 Å². The molecule has 1 rings (SSSR count). The number of hydrogen-bond donors (Lipinski definition) is 0. The Hall–Kier alpha value is -1.27. The third-order valence-corrected chi connectivity index (χ3v) is 2.96. The molecule has 1 aliphatic heterocycles. The Balaban J connectivity index is 2.57. The number of hydrogen-bond acceptors (Lipinski definition) is 2. The van der Waals surface area contributed by atoms with Gasteiger partial charge in [0.2, 0.25) is 5.91 Å². The first-order valence-corrected chi connectivity index (χ1v) is 6.35. The smallest absolute Gasteiger partial charge is 0.341 e. The van der Waals surface area contributed by atoms with E-state index in [1.165, 1.54) is 0 Å². The van der Waals surface area contributed by atoms with Crippen LogP contribution in [0.2, 0.25) is 0 Å². The van der Waals surface area contributed by atoms with Crippen LogP contribution in [0.4, 0.5) is 13.2 Å². The van der Waals surface area contributed by atoms with E-state index in [0.717, 1.165) is 4.90 Å². The largest absolute Gasteiger partial charge is 0.471 e. The minimum atomic E-state index is -4.84. The molecule has 0 bridgehead atoms. The van der Waals surface area contributed by atoms with Crippen molar-refractivity contribution in [3.8, 4) is 0 Å². The van der Waals surface area contributed by atoms with Crippen LogP contribution in [0.25, 0.3) is 0 Å². The average molecular weight is 280 g/mol. The van der Waals surface area contributed by atoms with Crippen molar-refractivity contribution in [3.05, 3.63) is 0 Å². The first-order chi connectivity index (χ1) is 8.71. The van der Waals surface area contributed by atoms with E-state index in [1.54, 1.807) is 4.90 Å². The molecule has 1 saturated heterocycles. The van der Waals surface area contributed by atoms with Gasteiger partial charge in [-0.1, -0.05) is 13.8 Å². The van der Waals surface area contributed by atoms with Crippen molar-refractivity contribution in [3.63, 3.8) is 0 Å². The molecule has 0 spiro atoms. The van der Waals surface area contributed by atoms with Crippen LogP contribution in [-0.2, 0) is 9.59 Å². The van der Waals surface area contributed by atoms with Crippen LogP contribution in [0.5, 0.6) is 0 Å². The molecule has 0 saturated carbocycles. The lowest BCUT2D eigenvalue weighted by Gasteiger charge is -2.23. The molecule has 1 aliphatic rings. The molecule has 2 amide bonds. The predicted molar refractivity (Wildman–Crippen MR) is 63.3 cm³/mol. The van der Waals surface area contributed by atoms with Gasteiger partial charge in [0.1, 0.15) is 0 Å². The number of carbonyl (C=O) groups is 2. The zero-order valence-electron chi connectivity index (χ0n) is 11.2. The van der Waals surface area contributed by atoms with Crippen molar-refractivity contribution in [2.24, 2.45) is 5.92 Å². The molecule has 0 radical (unpaired) electrons. The van der Waals surface area contributed by atoms with Crippen molar-refractivity contribution < 1.29 is 22.8 Å². The second-order valence-corrected chi connectivity index (χ2v) is 5.12. The zero-order chi connectivity index (χ0) is 14.6. The first-order valence-electron chi connectivity index (χ1n) is 6.35. The van der Waals surface area contributed by atoms with Gasteiger partial charge in [-0.25, -0.2) is 0 Å². The summed E-state index contributed by atoms with van der Waals surface area (Å²) in [7, 11) is 0. The highest BCUT2D eigenvalue weighted by atomic mass is 19.4. The van der Waals surface area contributed by atoms with Crippen LogP contribution >= 0.6 is 0 Å². The van der Waals surface area contributed by atoms with Crippen LogP contribution in [0.15, 0.2) is 0 Å². The van der Waals surface area contributed by atoms with Crippen LogP contribution in [0.1, 0.15) is 26.7 Å². The summed E-state index contributed by atoms with van der Waals surface area (Å²) in [5, 5.41) is 0. The molecular formula is C12H19F3N2O2. The van der Waals surface area contributed by atoms with Crippen molar-refractivity contribution in [1.29, 1.82) is 0 Å². The van der Waals surface area contributed by atoms with Gasteiger partial charge in [-0.3, -0.25) is 9.59 Å². The second-order valence-electron chi connectivity index (χ2n) is 5.12. The van der Waals surface area contributed by atoms with Crippen LogP contribution < -0.4 is 0 Å². The number of rotatable bonds is 2. The van der Waals surface area contributed by atoms with Gasteiger partial charge in [-0.15, -0.1) is 0 Å². The number of halogens is 3. The fraction of sp³-hybridized carbons (Fsp3) is 0.833. The summed E-state index contributed by atoms with van der Waals surface area (Å²) in [6.07, 6.45) is -4.07. The molecule has 0 atom stereocenters. The third-order valence-electron chi connectivity index (χ3n) is 2.96. The normalized spacial score (nSPS) is 17.6. The SMILES string of the molecule is CC(C)CC(=O)N1CCCN(C(=O)C(F)(F)F)CC1. The second kappa shape index (κ2) is 6.25. The summed E-state index contributed by atoms with van der Waals surface area (Å²) in [5.41, 5.74) is 0. The van der Waals surface area contributed by atoms with Crippen molar-refractivity contribution in [2.45, 2.75) is 32.9 Å². The molecule has 4 nitrogen and oxygen atoms in total. The number of amides is 2. The highest BCUT2D eigenvalue weighted by molar-refractivity contribution is 5.82. The van der Waals surface area contributed by atoms with Crippen molar-refractivity contribution in [1.82, 2.24) is 9.80 Å². The van der Waals surface area contributed by atoms with E-state index in [1.807, 2.05) is 13.8 Å². The first kappa shape index (κ1) is 15.8. The minimum Gasteiger partial charge on any atom is -0.341 e. The van der Waals surface area contributed by atoms with E-state index in [9.17, 15) is 22.8 Å². The summed E-state index contributed by atoms with van der Waals surface area (Å²) in [6, 6.07) is 0. The Bertz CT molecular complexity index is 342. The molecule has 0 N–H and O–H groups in total. The lowest BCUT2D eigenvalue weighted by atomic mass is 10.1. The molecule has 19 heavy (non-hydrogen) atoms. The van der Waals surface area contributed by atoms with Crippen molar-refractivity contribution >= 4 is 11.8 Å². The number of alkyl halides is 3. The molecule has 7 heteroatoms. The zero-order valence-corrected chi connectivity index (χ0v) is 11.2. The van der Waals surface area contributed by atoms with E-state index in [2.05, 4.69) is 0 Å². The Morgan fingerprint density at radius 2 is 1.58 bits per heavy atom. The summed E-state index contributed by atoms with van der Waals surface area (Å²) in [4.78, 5) is 25.3. The topological polar surface area (TPSA) is 40.6 Å². The minimum absolute atomic E-state index is 0.0454.